The summed E-state index contributed by atoms with van der Waals surface area (Å²) < 4.78 is 0. The van der Waals surface area contributed by atoms with Crippen molar-refractivity contribution >= 4 is 40.3 Å². The van der Waals surface area contributed by atoms with Gasteiger partial charge in [-0.3, -0.25) is 0 Å². The maximum atomic E-state index is 11.1. The number of aromatic carboxylic acids is 1. The van der Waals surface area contributed by atoms with Gasteiger partial charge in [-0.2, -0.15) is 0 Å². The zero-order valence-corrected chi connectivity index (χ0v) is 13.8. The Morgan fingerprint density at radius 1 is 1.33 bits per heavy atom. The second-order valence-corrected chi connectivity index (χ2v) is 5.85. The Balaban J connectivity index is 1.92. The Morgan fingerprint density at radius 3 is 2.92 bits per heavy atom. The molecular formula is C18H15N3O2S. The monoisotopic (exact) mass is 337 g/mol. The fourth-order valence-electron chi connectivity index (χ4n) is 2.35. The Labute approximate surface area is 144 Å². The Kier molecular flexibility index (Phi) is 4.48. The van der Waals surface area contributed by atoms with E-state index < -0.39 is 5.97 Å². The highest BCUT2D eigenvalue weighted by atomic mass is 32.1. The van der Waals surface area contributed by atoms with Crippen molar-refractivity contribution in [1.29, 1.82) is 0 Å². The molecule has 0 unspecified atom stereocenters. The second-order valence-electron chi connectivity index (χ2n) is 5.36. The van der Waals surface area contributed by atoms with E-state index >= 15 is 0 Å². The summed E-state index contributed by atoms with van der Waals surface area (Å²) in [6.07, 6.45) is 8.29. The number of nitrogens with one attached hydrogen (secondary N) is 1. The molecule has 0 atom stereocenters. The normalized spacial score (nSPS) is 13.5. The lowest BCUT2D eigenvalue weighted by molar-refractivity contribution is 0.0697. The molecule has 5 nitrogen and oxygen atoms in total. The summed E-state index contributed by atoms with van der Waals surface area (Å²) >= 11 is 5.38. The van der Waals surface area contributed by atoms with E-state index in [4.69, 9.17) is 17.3 Å². The molecule has 0 aliphatic heterocycles. The zero-order chi connectivity index (χ0) is 17.1. The SMILES string of the molecule is Cc1ccc(C(=O)O)cc1Nc1nccc(C2=CC=CCC2=S)n1. The third-order valence-electron chi connectivity index (χ3n) is 3.67. The maximum absolute atomic E-state index is 11.1. The number of nitrogens with zero attached hydrogens (tertiary/aromatic N) is 2. The molecule has 0 saturated carbocycles. The van der Waals surface area contributed by atoms with Crippen LogP contribution in [0.5, 0.6) is 0 Å². The number of hydrogen-bond donors (Lipinski definition) is 2. The van der Waals surface area contributed by atoms with Crippen molar-refractivity contribution in [3.63, 3.8) is 0 Å². The molecule has 0 fully saturated rings. The fourth-order valence-corrected chi connectivity index (χ4v) is 2.62. The molecule has 1 aliphatic carbocycles. The summed E-state index contributed by atoms with van der Waals surface area (Å²) in [6, 6.07) is 6.70. The average Bonchev–Trinajstić information content (AvgIpc) is 2.57. The highest BCUT2D eigenvalue weighted by molar-refractivity contribution is 7.81. The first-order chi connectivity index (χ1) is 11.5. The predicted octanol–water partition coefficient (Wildman–Crippen LogP) is 3.94. The van der Waals surface area contributed by atoms with Crippen molar-refractivity contribution in [3.05, 3.63) is 65.5 Å². The largest absolute Gasteiger partial charge is 0.478 e. The lowest BCUT2D eigenvalue weighted by atomic mass is 10.0. The molecule has 2 aromatic rings. The first-order valence-electron chi connectivity index (χ1n) is 7.39. The third-order valence-corrected chi connectivity index (χ3v) is 4.05. The molecular weight excluding hydrogens is 322 g/mol. The Hall–Kier alpha value is -2.86. The molecule has 1 aliphatic rings. The lowest BCUT2D eigenvalue weighted by Gasteiger charge is -2.12. The van der Waals surface area contributed by atoms with Crippen LogP contribution in [0.2, 0.25) is 0 Å². The van der Waals surface area contributed by atoms with Crippen molar-refractivity contribution < 1.29 is 9.90 Å². The van der Waals surface area contributed by atoms with E-state index in [0.717, 1.165) is 28.1 Å². The van der Waals surface area contributed by atoms with Gasteiger partial charge < -0.3 is 10.4 Å². The number of anilines is 2. The predicted molar refractivity (Wildman–Crippen MR) is 97.8 cm³/mol. The molecule has 1 heterocycles. The van der Waals surface area contributed by atoms with Crippen molar-refractivity contribution in [1.82, 2.24) is 9.97 Å². The summed E-state index contributed by atoms with van der Waals surface area (Å²) in [5.41, 5.74) is 3.43. The molecule has 0 radical (unpaired) electrons. The van der Waals surface area contributed by atoms with E-state index in [9.17, 15) is 4.79 Å². The topological polar surface area (TPSA) is 75.1 Å². The molecule has 1 aromatic carbocycles. The first kappa shape index (κ1) is 16.0. The molecule has 1 aromatic heterocycles. The van der Waals surface area contributed by atoms with Crippen LogP contribution < -0.4 is 5.32 Å². The van der Waals surface area contributed by atoms with E-state index in [-0.39, 0.29) is 5.56 Å². The van der Waals surface area contributed by atoms with Crippen LogP contribution in [0.1, 0.15) is 28.0 Å². The van der Waals surface area contributed by atoms with Crippen LogP contribution in [0.15, 0.2) is 48.7 Å². The van der Waals surface area contributed by atoms with Crippen molar-refractivity contribution in [2.45, 2.75) is 13.3 Å². The molecule has 24 heavy (non-hydrogen) atoms. The summed E-state index contributed by atoms with van der Waals surface area (Å²) in [5, 5.41) is 12.2. The van der Waals surface area contributed by atoms with Crippen LogP contribution in [0, 0.1) is 6.92 Å². The number of rotatable bonds is 4. The standard InChI is InChI=1S/C18H15N3O2S/c1-11-6-7-12(17(22)23)10-15(11)21-18-19-9-8-14(20-18)13-4-2-3-5-16(13)24/h2-4,6-10H,5H2,1H3,(H,22,23)(H,19,20,21). The molecule has 3 rings (SSSR count). The third kappa shape index (κ3) is 3.38. The van der Waals surface area contributed by atoms with Crippen LogP contribution in [0.4, 0.5) is 11.6 Å². The molecule has 0 saturated heterocycles. The van der Waals surface area contributed by atoms with E-state index in [1.165, 1.54) is 0 Å². The van der Waals surface area contributed by atoms with Crippen LogP contribution in [0.3, 0.4) is 0 Å². The van der Waals surface area contributed by atoms with Gasteiger partial charge in [0.25, 0.3) is 0 Å². The minimum atomic E-state index is -0.975. The van der Waals surface area contributed by atoms with Gasteiger partial charge in [0.2, 0.25) is 5.95 Å². The summed E-state index contributed by atoms with van der Waals surface area (Å²) in [6.45, 7) is 1.89. The quantitative estimate of drug-likeness (QED) is 0.823. The number of benzene rings is 1. The van der Waals surface area contributed by atoms with Gasteiger partial charge in [-0.25, -0.2) is 14.8 Å². The van der Waals surface area contributed by atoms with E-state index in [1.807, 2.05) is 31.2 Å². The van der Waals surface area contributed by atoms with Gasteiger partial charge in [-0.1, -0.05) is 36.5 Å². The zero-order valence-electron chi connectivity index (χ0n) is 13.0. The van der Waals surface area contributed by atoms with Crippen molar-refractivity contribution in [2.24, 2.45) is 0 Å². The number of carboxylic acids is 1. The van der Waals surface area contributed by atoms with Crippen LogP contribution in [-0.4, -0.2) is 25.9 Å². The van der Waals surface area contributed by atoms with E-state index in [0.29, 0.717) is 11.6 Å². The number of carboxylic acid groups (broad SMARTS) is 1. The minimum Gasteiger partial charge on any atom is -0.478 e. The smallest absolute Gasteiger partial charge is 0.335 e. The first-order valence-corrected chi connectivity index (χ1v) is 7.80. The van der Waals surface area contributed by atoms with Crippen LogP contribution >= 0.6 is 12.2 Å². The molecule has 2 N–H and O–H groups in total. The lowest BCUT2D eigenvalue weighted by Crippen LogP contribution is -2.06. The van der Waals surface area contributed by atoms with Gasteiger partial charge in [0, 0.05) is 28.7 Å². The van der Waals surface area contributed by atoms with Gasteiger partial charge in [0.1, 0.15) is 0 Å². The van der Waals surface area contributed by atoms with Crippen molar-refractivity contribution in [3.8, 4) is 0 Å². The fraction of sp³-hybridized carbons (Fsp3) is 0.111. The van der Waals surface area contributed by atoms with Gasteiger partial charge in [-0.15, -0.1) is 0 Å². The summed E-state index contributed by atoms with van der Waals surface area (Å²) in [4.78, 5) is 20.7. The number of hydrogen-bond acceptors (Lipinski definition) is 5. The number of aryl methyl sites for hydroxylation is 1. The second kappa shape index (κ2) is 6.72. The van der Waals surface area contributed by atoms with Gasteiger partial charge in [-0.05, 0) is 30.7 Å². The molecule has 0 spiro atoms. The molecule has 6 heteroatoms. The number of carbonyl (C=O) groups is 1. The summed E-state index contributed by atoms with van der Waals surface area (Å²) in [5.74, 6) is -0.575. The number of allylic oxidation sites excluding steroid dienone is 4. The maximum Gasteiger partial charge on any atom is 0.335 e. The Bertz CT molecular complexity index is 888. The molecule has 0 bridgehead atoms. The molecule has 120 valence electrons. The number of aromatic nitrogens is 2. The Morgan fingerprint density at radius 2 is 2.17 bits per heavy atom. The number of thiocarbonyl (C=S) groups is 1. The minimum absolute atomic E-state index is 0.209. The highest BCUT2D eigenvalue weighted by Gasteiger charge is 2.12. The molecule has 0 amide bonds. The van der Waals surface area contributed by atoms with Gasteiger partial charge >= 0.3 is 5.97 Å². The van der Waals surface area contributed by atoms with Crippen LogP contribution in [-0.2, 0) is 0 Å². The summed E-state index contributed by atoms with van der Waals surface area (Å²) in [7, 11) is 0. The van der Waals surface area contributed by atoms with E-state index in [1.54, 1.807) is 24.4 Å². The van der Waals surface area contributed by atoms with Crippen LogP contribution in [0.25, 0.3) is 5.57 Å². The van der Waals surface area contributed by atoms with Gasteiger partial charge in [0.15, 0.2) is 0 Å². The van der Waals surface area contributed by atoms with Crippen molar-refractivity contribution in [2.75, 3.05) is 5.32 Å². The van der Waals surface area contributed by atoms with Gasteiger partial charge in [0.05, 0.1) is 11.3 Å². The average molecular weight is 337 g/mol. The highest BCUT2D eigenvalue weighted by Crippen LogP contribution is 2.23. The van der Waals surface area contributed by atoms with E-state index in [2.05, 4.69) is 15.3 Å².